The summed E-state index contributed by atoms with van der Waals surface area (Å²) in [6.45, 7) is 0.637. The smallest absolute Gasteiger partial charge is 0.248 e. The largest absolute Gasteiger partial charge is 0.493 e. The van der Waals surface area contributed by atoms with Crippen LogP contribution in [0.3, 0.4) is 0 Å². The van der Waals surface area contributed by atoms with Gasteiger partial charge in [-0.25, -0.2) is 13.2 Å². The number of nitrogens with one attached hydrogen (secondary N) is 1. The standard InChI is InChI=1S/C17H12F3NO2/c18-12-3-4-13(17(20)16(12)19)21-15(22)6-2-10-1-5-14-11(9-10)7-8-23-14/h1-6,9H,7-8H2,(H,21,22)/b6-2+. The van der Waals surface area contributed by atoms with E-state index in [0.29, 0.717) is 6.61 Å². The minimum Gasteiger partial charge on any atom is -0.493 e. The monoisotopic (exact) mass is 319 g/mol. The molecule has 0 radical (unpaired) electrons. The Hall–Kier alpha value is -2.76. The predicted octanol–water partition coefficient (Wildman–Crippen LogP) is 3.69. The van der Waals surface area contributed by atoms with Gasteiger partial charge in [0.2, 0.25) is 5.91 Å². The number of rotatable bonds is 3. The first-order chi connectivity index (χ1) is 11.0. The average molecular weight is 319 g/mol. The second kappa shape index (κ2) is 6.16. The van der Waals surface area contributed by atoms with E-state index in [-0.39, 0.29) is 0 Å². The Labute approximate surface area is 130 Å². The number of benzene rings is 2. The number of amides is 1. The Kier molecular flexibility index (Phi) is 4.06. The Morgan fingerprint density at radius 3 is 2.78 bits per heavy atom. The van der Waals surface area contributed by atoms with E-state index in [1.807, 2.05) is 12.1 Å². The maximum atomic E-state index is 13.5. The molecule has 1 aliphatic heterocycles. The molecule has 1 heterocycles. The van der Waals surface area contributed by atoms with E-state index in [2.05, 4.69) is 5.32 Å². The molecule has 0 spiro atoms. The number of ether oxygens (including phenoxy) is 1. The molecule has 0 atom stereocenters. The summed E-state index contributed by atoms with van der Waals surface area (Å²) in [5.74, 6) is -4.18. The van der Waals surface area contributed by atoms with E-state index in [0.717, 1.165) is 35.4 Å². The summed E-state index contributed by atoms with van der Waals surface area (Å²) in [7, 11) is 0. The zero-order chi connectivity index (χ0) is 16.4. The highest BCUT2D eigenvalue weighted by Gasteiger charge is 2.14. The van der Waals surface area contributed by atoms with Crippen LogP contribution in [-0.4, -0.2) is 12.5 Å². The minimum absolute atomic E-state index is 0.416. The number of hydrogen-bond acceptors (Lipinski definition) is 2. The van der Waals surface area contributed by atoms with E-state index in [9.17, 15) is 18.0 Å². The molecule has 118 valence electrons. The predicted molar refractivity (Wildman–Crippen MR) is 79.6 cm³/mol. The quantitative estimate of drug-likeness (QED) is 0.692. The minimum atomic E-state index is -1.62. The normalized spacial score (nSPS) is 13.0. The van der Waals surface area contributed by atoms with Crippen molar-refractivity contribution in [1.82, 2.24) is 0 Å². The lowest BCUT2D eigenvalue weighted by atomic mass is 10.1. The highest BCUT2D eigenvalue weighted by Crippen LogP contribution is 2.26. The van der Waals surface area contributed by atoms with Gasteiger partial charge in [0.25, 0.3) is 0 Å². The molecule has 1 aliphatic rings. The molecule has 0 fully saturated rings. The number of carbonyl (C=O) groups is 1. The van der Waals surface area contributed by atoms with Crippen molar-refractivity contribution in [3.05, 3.63) is 65.0 Å². The molecule has 0 saturated carbocycles. The molecule has 0 unspecified atom stereocenters. The van der Waals surface area contributed by atoms with Gasteiger partial charge in [-0.1, -0.05) is 6.07 Å². The first-order valence-electron chi connectivity index (χ1n) is 6.93. The van der Waals surface area contributed by atoms with Crippen molar-refractivity contribution < 1.29 is 22.7 Å². The van der Waals surface area contributed by atoms with Crippen LogP contribution in [0.2, 0.25) is 0 Å². The third-order valence-corrected chi connectivity index (χ3v) is 3.43. The van der Waals surface area contributed by atoms with Gasteiger partial charge in [-0.3, -0.25) is 4.79 Å². The summed E-state index contributed by atoms with van der Waals surface area (Å²) in [4.78, 5) is 11.8. The molecule has 23 heavy (non-hydrogen) atoms. The molecule has 1 amide bonds. The summed E-state index contributed by atoms with van der Waals surface area (Å²) in [6, 6.07) is 7.20. The van der Waals surface area contributed by atoms with Gasteiger partial charge in [0, 0.05) is 12.5 Å². The SMILES string of the molecule is O=C(/C=C/c1ccc2c(c1)CCO2)Nc1ccc(F)c(F)c1F. The molecule has 3 nitrogen and oxygen atoms in total. The van der Waals surface area contributed by atoms with E-state index in [1.165, 1.54) is 6.08 Å². The third kappa shape index (κ3) is 3.21. The third-order valence-electron chi connectivity index (χ3n) is 3.43. The van der Waals surface area contributed by atoms with Gasteiger partial charge >= 0.3 is 0 Å². The lowest BCUT2D eigenvalue weighted by Gasteiger charge is -2.05. The zero-order valence-corrected chi connectivity index (χ0v) is 11.9. The summed E-state index contributed by atoms with van der Waals surface area (Å²) in [5.41, 5.74) is 1.43. The van der Waals surface area contributed by atoms with Crippen molar-refractivity contribution in [2.45, 2.75) is 6.42 Å². The lowest BCUT2D eigenvalue weighted by Crippen LogP contribution is -2.10. The van der Waals surface area contributed by atoms with E-state index in [4.69, 9.17) is 4.74 Å². The second-order valence-electron chi connectivity index (χ2n) is 5.01. The van der Waals surface area contributed by atoms with Gasteiger partial charge in [-0.05, 0) is 41.5 Å². The maximum absolute atomic E-state index is 13.5. The van der Waals surface area contributed by atoms with Crippen LogP contribution in [-0.2, 0) is 11.2 Å². The van der Waals surface area contributed by atoms with Crippen molar-refractivity contribution in [3.8, 4) is 5.75 Å². The number of fused-ring (bicyclic) bond motifs is 1. The van der Waals surface area contributed by atoms with Crippen LogP contribution in [0.1, 0.15) is 11.1 Å². The van der Waals surface area contributed by atoms with Crippen LogP contribution in [0.25, 0.3) is 6.08 Å². The molecule has 3 rings (SSSR count). The Morgan fingerprint density at radius 2 is 1.96 bits per heavy atom. The maximum Gasteiger partial charge on any atom is 0.248 e. The first-order valence-corrected chi connectivity index (χ1v) is 6.93. The highest BCUT2D eigenvalue weighted by molar-refractivity contribution is 6.02. The van der Waals surface area contributed by atoms with Crippen LogP contribution < -0.4 is 10.1 Å². The Bertz CT molecular complexity index is 803. The highest BCUT2D eigenvalue weighted by atomic mass is 19.2. The summed E-state index contributed by atoms with van der Waals surface area (Å²) in [5, 5.41) is 2.17. The van der Waals surface area contributed by atoms with Gasteiger partial charge in [-0.2, -0.15) is 0 Å². The zero-order valence-electron chi connectivity index (χ0n) is 11.9. The van der Waals surface area contributed by atoms with Crippen molar-refractivity contribution in [3.63, 3.8) is 0 Å². The molecular formula is C17H12F3NO2. The topological polar surface area (TPSA) is 38.3 Å². The second-order valence-corrected chi connectivity index (χ2v) is 5.01. The van der Waals surface area contributed by atoms with E-state index < -0.39 is 29.0 Å². The molecular weight excluding hydrogens is 307 g/mol. The molecule has 0 aromatic heterocycles. The van der Waals surface area contributed by atoms with Crippen LogP contribution >= 0.6 is 0 Å². The van der Waals surface area contributed by atoms with E-state index >= 15 is 0 Å². The number of carbonyl (C=O) groups excluding carboxylic acids is 1. The molecule has 2 aromatic carbocycles. The Balaban J connectivity index is 1.71. The fraction of sp³-hybridized carbons (Fsp3) is 0.118. The molecule has 1 N–H and O–H groups in total. The van der Waals surface area contributed by atoms with E-state index in [1.54, 1.807) is 12.1 Å². The first kappa shape index (κ1) is 15.1. The van der Waals surface area contributed by atoms with Crippen LogP contribution in [0.4, 0.5) is 18.9 Å². The fourth-order valence-electron chi connectivity index (χ4n) is 2.28. The van der Waals surface area contributed by atoms with Crippen molar-refractivity contribution >= 4 is 17.7 Å². The molecule has 2 aromatic rings. The van der Waals surface area contributed by atoms with Gasteiger partial charge < -0.3 is 10.1 Å². The molecule has 0 aliphatic carbocycles. The lowest BCUT2D eigenvalue weighted by molar-refractivity contribution is -0.111. The number of anilines is 1. The summed E-state index contributed by atoms with van der Waals surface area (Å²) >= 11 is 0. The van der Waals surface area contributed by atoms with Crippen molar-refractivity contribution in [2.75, 3.05) is 11.9 Å². The van der Waals surface area contributed by atoms with Gasteiger partial charge in [0.1, 0.15) is 5.75 Å². The molecule has 6 heteroatoms. The number of hydrogen-bond donors (Lipinski definition) is 1. The average Bonchev–Trinajstić information content (AvgIpc) is 3.01. The van der Waals surface area contributed by atoms with Crippen LogP contribution in [0, 0.1) is 17.5 Å². The van der Waals surface area contributed by atoms with Gasteiger partial charge in [0.05, 0.1) is 12.3 Å². The molecule has 0 saturated heterocycles. The van der Waals surface area contributed by atoms with Crippen molar-refractivity contribution in [2.24, 2.45) is 0 Å². The van der Waals surface area contributed by atoms with Crippen LogP contribution in [0.15, 0.2) is 36.4 Å². The van der Waals surface area contributed by atoms with Gasteiger partial charge in [0.15, 0.2) is 17.5 Å². The summed E-state index contributed by atoms with van der Waals surface area (Å²) < 4.78 is 44.8. The van der Waals surface area contributed by atoms with Crippen molar-refractivity contribution in [1.29, 1.82) is 0 Å². The fourth-order valence-corrected chi connectivity index (χ4v) is 2.28. The van der Waals surface area contributed by atoms with Crippen LogP contribution in [0.5, 0.6) is 5.75 Å². The van der Waals surface area contributed by atoms with Gasteiger partial charge in [-0.15, -0.1) is 0 Å². The Morgan fingerprint density at radius 1 is 1.13 bits per heavy atom. The molecule has 0 bridgehead atoms. The summed E-state index contributed by atoms with van der Waals surface area (Å²) in [6.07, 6.45) is 3.55. The number of halogens is 3.